The van der Waals surface area contributed by atoms with Crippen molar-refractivity contribution in [3.8, 4) is 0 Å². The second-order valence-corrected chi connectivity index (χ2v) is 3.88. The van der Waals surface area contributed by atoms with Crippen molar-refractivity contribution in [3.63, 3.8) is 0 Å². The number of pyridine rings is 1. The summed E-state index contributed by atoms with van der Waals surface area (Å²) >= 11 is 0. The maximum Gasteiger partial charge on any atom is 0.0847 e. The minimum atomic E-state index is -0.476. The van der Waals surface area contributed by atoms with E-state index < -0.39 is 6.10 Å². The van der Waals surface area contributed by atoms with Crippen LogP contribution in [-0.2, 0) is 6.42 Å². The highest BCUT2D eigenvalue weighted by Crippen LogP contribution is 2.19. The fourth-order valence-corrected chi connectivity index (χ4v) is 1.80. The van der Waals surface area contributed by atoms with Gasteiger partial charge in [0, 0.05) is 23.9 Å². The van der Waals surface area contributed by atoms with Crippen LogP contribution >= 0.6 is 0 Å². The van der Waals surface area contributed by atoms with Crippen molar-refractivity contribution in [2.24, 2.45) is 0 Å². The Labute approximate surface area is 95.6 Å². The van der Waals surface area contributed by atoms with Gasteiger partial charge in [-0.3, -0.25) is 4.98 Å². The zero-order valence-electron chi connectivity index (χ0n) is 9.30. The molecule has 82 valence electrons. The summed E-state index contributed by atoms with van der Waals surface area (Å²) in [7, 11) is 0. The standard InChI is InChI=1S/C14H15NO/c1-11-13(8-5-9-15-11)14(16)10-12-6-3-2-4-7-12/h2-9,14,16H,10H2,1H3. The minimum absolute atomic E-state index is 0.476. The first kappa shape index (κ1) is 10.8. The molecule has 1 heterocycles. The third-order valence-electron chi connectivity index (χ3n) is 2.68. The van der Waals surface area contributed by atoms with Crippen LogP contribution in [-0.4, -0.2) is 10.1 Å². The van der Waals surface area contributed by atoms with Crippen LogP contribution in [0.3, 0.4) is 0 Å². The van der Waals surface area contributed by atoms with Crippen LogP contribution in [0.15, 0.2) is 48.7 Å². The highest BCUT2D eigenvalue weighted by Gasteiger charge is 2.10. The van der Waals surface area contributed by atoms with E-state index in [1.54, 1.807) is 6.20 Å². The zero-order valence-corrected chi connectivity index (χ0v) is 9.30. The number of aliphatic hydroxyl groups is 1. The molecule has 1 atom stereocenters. The molecule has 0 radical (unpaired) electrons. The molecule has 1 aromatic carbocycles. The molecule has 0 fully saturated rings. The van der Waals surface area contributed by atoms with E-state index in [-0.39, 0.29) is 0 Å². The van der Waals surface area contributed by atoms with E-state index in [0.717, 1.165) is 16.8 Å². The molecule has 1 aromatic heterocycles. The SMILES string of the molecule is Cc1ncccc1C(O)Cc1ccccc1. The molecule has 2 nitrogen and oxygen atoms in total. The summed E-state index contributed by atoms with van der Waals surface area (Å²) in [5.74, 6) is 0. The molecule has 2 aromatic rings. The van der Waals surface area contributed by atoms with Gasteiger partial charge in [0.15, 0.2) is 0 Å². The third-order valence-corrected chi connectivity index (χ3v) is 2.68. The predicted molar refractivity (Wildman–Crippen MR) is 64.1 cm³/mol. The molecule has 0 spiro atoms. The second-order valence-electron chi connectivity index (χ2n) is 3.88. The zero-order chi connectivity index (χ0) is 11.4. The third kappa shape index (κ3) is 2.47. The first-order valence-corrected chi connectivity index (χ1v) is 5.41. The molecule has 0 amide bonds. The summed E-state index contributed by atoms with van der Waals surface area (Å²) < 4.78 is 0. The molecular weight excluding hydrogens is 198 g/mol. The second kappa shape index (κ2) is 4.90. The Hall–Kier alpha value is -1.67. The Morgan fingerprint density at radius 3 is 2.56 bits per heavy atom. The summed E-state index contributed by atoms with van der Waals surface area (Å²) in [6, 6.07) is 13.8. The van der Waals surface area contributed by atoms with E-state index in [1.165, 1.54) is 0 Å². The predicted octanol–water partition coefficient (Wildman–Crippen LogP) is 2.67. The lowest BCUT2D eigenvalue weighted by Gasteiger charge is -2.12. The van der Waals surface area contributed by atoms with Gasteiger partial charge in [-0.2, -0.15) is 0 Å². The van der Waals surface area contributed by atoms with Crippen LogP contribution in [0.5, 0.6) is 0 Å². The smallest absolute Gasteiger partial charge is 0.0847 e. The molecule has 1 N–H and O–H groups in total. The van der Waals surface area contributed by atoms with Crippen molar-refractivity contribution in [2.45, 2.75) is 19.4 Å². The van der Waals surface area contributed by atoms with E-state index >= 15 is 0 Å². The van der Waals surface area contributed by atoms with Crippen LogP contribution in [0, 0.1) is 6.92 Å². The number of aromatic nitrogens is 1. The Morgan fingerprint density at radius 2 is 1.88 bits per heavy atom. The molecule has 0 aliphatic rings. The van der Waals surface area contributed by atoms with E-state index in [2.05, 4.69) is 4.98 Å². The highest BCUT2D eigenvalue weighted by atomic mass is 16.3. The van der Waals surface area contributed by atoms with Crippen molar-refractivity contribution < 1.29 is 5.11 Å². The van der Waals surface area contributed by atoms with Gasteiger partial charge in [0.2, 0.25) is 0 Å². The van der Waals surface area contributed by atoms with Crippen LogP contribution in [0.2, 0.25) is 0 Å². The van der Waals surface area contributed by atoms with Crippen molar-refractivity contribution in [1.82, 2.24) is 4.98 Å². The number of benzene rings is 1. The number of aliphatic hydroxyl groups excluding tert-OH is 1. The summed E-state index contributed by atoms with van der Waals surface area (Å²) in [4.78, 5) is 4.18. The molecule has 0 saturated carbocycles. The quantitative estimate of drug-likeness (QED) is 0.850. The van der Waals surface area contributed by atoms with Crippen molar-refractivity contribution in [1.29, 1.82) is 0 Å². The average molecular weight is 213 g/mol. The van der Waals surface area contributed by atoms with Gasteiger partial charge in [-0.25, -0.2) is 0 Å². The van der Waals surface area contributed by atoms with E-state index in [1.807, 2.05) is 49.4 Å². The largest absolute Gasteiger partial charge is 0.388 e. The lowest BCUT2D eigenvalue weighted by atomic mass is 10.0. The first-order valence-electron chi connectivity index (χ1n) is 5.41. The molecule has 1 unspecified atom stereocenters. The summed E-state index contributed by atoms with van der Waals surface area (Å²) in [6.45, 7) is 1.92. The van der Waals surface area contributed by atoms with Gasteiger partial charge >= 0.3 is 0 Å². The van der Waals surface area contributed by atoms with Gasteiger partial charge in [0.25, 0.3) is 0 Å². The maximum atomic E-state index is 10.1. The Bertz CT molecular complexity index is 453. The molecule has 0 saturated heterocycles. The first-order chi connectivity index (χ1) is 7.77. The average Bonchev–Trinajstić information content (AvgIpc) is 2.31. The normalized spacial score (nSPS) is 12.4. The molecule has 0 aliphatic carbocycles. The fraction of sp³-hybridized carbons (Fsp3) is 0.214. The Kier molecular flexibility index (Phi) is 3.32. The van der Waals surface area contributed by atoms with Crippen LogP contribution in [0.25, 0.3) is 0 Å². The number of nitrogens with zero attached hydrogens (tertiary/aromatic N) is 1. The molecule has 16 heavy (non-hydrogen) atoms. The van der Waals surface area contributed by atoms with E-state index in [9.17, 15) is 5.11 Å². The molecule has 2 heteroatoms. The number of aryl methyl sites for hydroxylation is 1. The maximum absolute atomic E-state index is 10.1. The summed E-state index contributed by atoms with van der Waals surface area (Å²) in [6.07, 6.45) is 1.90. The molecular formula is C14H15NO. The van der Waals surface area contributed by atoms with Crippen LogP contribution in [0.4, 0.5) is 0 Å². The minimum Gasteiger partial charge on any atom is -0.388 e. The van der Waals surface area contributed by atoms with Crippen molar-refractivity contribution in [3.05, 3.63) is 65.5 Å². The Balaban J connectivity index is 2.15. The van der Waals surface area contributed by atoms with Gasteiger partial charge in [-0.1, -0.05) is 36.4 Å². The van der Waals surface area contributed by atoms with Crippen LogP contribution in [0.1, 0.15) is 22.9 Å². The van der Waals surface area contributed by atoms with Gasteiger partial charge in [-0.05, 0) is 18.6 Å². The van der Waals surface area contributed by atoms with Crippen molar-refractivity contribution >= 4 is 0 Å². The number of hydrogen-bond acceptors (Lipinski definition) is 2. The molecule has 2 rings (SSSR count). The number of hydrogen-bond donors (Lipinski definition) is 1. The lowest BCUT2D eigenvalue weighted by Crippen LogP contribution is -2.04. The van der Waals surface area contributed by atoms with Gasteiger partial charge in [-0.15, -0.1) is 0 Å². The van der Waals surface area contributed by atoms with Gasteiger partial charge < -0.3 is 5.11 Å². The summed E-state index contributed by atoms with van der Waals surface area (Å²) in [5.41, 5.74) is 2.94. The lowest BCUT2D eigenvalue weighted by molar-refractivity contribution is 0.177. The van der Waals surface area contributed by atoms with Gasteiger partial charge in [0.05, 0.1) is 6.10 Å². The summed E-state index contributed by atoms with van der Waals surface area (Å²) in [5, 5.41) is 10.1. The molecule has 0 bridgehead atoms. The van der Waals surface area contributed by atoms with E-state index in [0.29, 0.717) is 6.42 Å². The molecule has 0 aliphatic heterocycles. The van der Waals surface area contributed by atoms with Crippen LogP contribution < -0.4 is 0 Å². The van der Waals surface area contributed by atoms with Gasteiger partial charge in [0.1, 0.15) is 0 Å². The Morgan fingerprint density at radius 1 is 1.12 bits per heavy atom. The highest BCUT2D eigenvalue weighted by molar-refractivity contribution is 5.24. The van der Waals surface area contributed by atoms with Crippen molar-refractivity contribution in [2.75, 3.05) is 0 Å². The van der Waals surface area contributed by atoms with E-state index in [4.69, 9.17) is 0 Å². The topological polar surface area (TPSA) is 33.1 Å². The monoisotopic (exact) mass is 213 g/mol. The number of rotatable bonds is 3. The fourth-order valence-electron chi connectivity index (χ4n) is 1.80.